The van der Waals surface area contributed by atoms with Gasteiger partial charge in [-0.25, -0.2) is 0 Å². The smallest absolute Gasteiger partial charge is 0.220 e. The van der Waals surface area contributed by atoms with Crippen molar-refractivity contribution < 1.29 is 4.79 Å². The molecular weight excluding hydrogens is 297 g/mol. The minimum Gasteiger partial charge on any atom is -0.350 e. The molecule has 1 aromatic rings. The molecule has 1 aliphatic carbocycles. The second kappa shape index (κ2) is 9.16. The average molecular weight is 320 g/mol. The van der Waals surface area contributed by atoms with Crippen LogP contribution < -0.4 is 11.1 Å². The molecule has 1 aliphatic rings. The maximum atomic E-state index is 11.8. The molecule has 0 radical (unpaired) electrons. The fourth-order valence-corrected chi connectivity index (χ4v) is 2.52. The molecule has 20 heavy (non-hydrogen) atoms. The molecule has 1 amide bonds. The first-order valence-electron chi connectivity index (χ1n) is 6.59. The van der Waals surface area contributed by atoms with E-state index in [1.165, 1.54) is 0 Å². The highest BCUT2D eigenvalue weighted by Gasteiger charge is 2.25. The minimum absolute atomic E-state index is 0. The van der Waals surface area contributed by atoms with Crippen LogP contribution in [0, 0.1) is 12.8 Å². The van der Waals surface area contributed by atoms with Crippen molar-refractivity contribution in [3.8, 4) is 0 Å². The van der Waals surface area contributed by atoms with Gasteiger partial charge in [-0.05, 0) is 37.3 Å². The van der Waals surface area contributed by atoms with E-state index in [1.807, 2.05) is 19.1 Å². The number of carbonyl (C=O) groups is 1. The highest BCUT2D eigenvalue weighted by molar-refractivity contribution is 5.85. The third kappa shape index (κ3) is 5.27. The Bertz CT molecular complexity index is 429. The van der Waals surface area contributed by atoms with E-state index in [9.17, 15) is 4.79 Å². The Balaban J connectivity index is 0.00000180. The first-order valence-corrected chi connectivity index (χ1v) is 6.59. The van der Waals surface area contributed by atoms with E-state index >= 15 is 0 Å². The third-order valence-corrected chi connectivity index (χ3v) is 3.74. The fourth-order valence-electron chi connectivity index (χ4n) is 2.52. The van der Waals surface area contributed by atoms with E-state index in [2.05, 4.69) is 10.3 Å². The Morgan fingerprint density at radius 1 is 1.45 bits per heavy atom. The van der Waals surface area contributed by atoms with Crippen molar-refractivity contribution in [2.24, 2.45) is 11.7 Å². The van der Waals surface area contributed by atoms with Gasteiger partial charge in [-0.3, -0.25) is 9.78 Å². The summed E-state index contributed by atoms with van der Waals surface area (Å²) in [6, 6.07) is 4.10. The van der Waals surface area contributed by atoms with Crippen LogP contribution in [0.2, 0.25) is 0 Å². The van der Waals surface area contributed by atoms with E-state index in [0.717, 1.165) is 30.5 Å². The van der Waals surface area contributed by atoms with E-state index in [4.69, 9.17) is 5.73 Å². The monoisotopic (exact) mass is 319 g/mol. The van der Waals surface area contributed by atoms with Gasteiger partial charge in [0.05, 0.1) is 12.2 Å². The summed E-state index contributed by atoms with van der Waals surface area (Å²) in [7, 11) is 0. The summed E-state index contributed by atoms with van der Waals surface area (Å²) in [5, 5.41) is 2.93. The van der Waals surface area contributed by atoms with Gasteiger partial charge in [-0.15, -0.1) is 24.8 Å². The summed E-state index contributed by atoms with van der Waals surface area (Å²) < 4.78 is 0. The number of amides is 1. The van der Waals surface area contributed by atoms with Crippen LogP contribution in [-0.2, 0) is 11.3 Å². The number of hydrogen-bond donors (Lipinski definition) is 2. The van der Waals surface area contributed by atoms with Crippen molar-refractivity contribution in [1.29, 1.82) is 0 Å². The van der Waals surface area contributed by atoms with Crippen LogP contribution >= 0.6 is 24.8 Å². The van der Waals surface area contributed by atoms with E-state index < -0.39 is 0 Å². The Morgan fingerprint density at radius 2 is 2.20 bits per heavy atom. The molecule has 2 rings (SSSR count). The molecule has 1 saturated carbocycles. The molecule has 2 atom stereocenters. The predicted octanol–water partition coefficient (Wildman–Crippen LogP) is 2.37. The van der Waals surface area contributed by atoms with Gasteiger partial charge in [-0.1, -0.05) is 12.5 Å². The summed E-state index contributed by atoms with van der Waals surface area (Å²) >= 11 is 0. The molecule has 0 saturated heterocycles. The molecule has 1 aromatic heterocycles. The van der Waals surface area contributed by atoms with E-state index in [0.29, 0.717) is 18.9 Å². The Hall–Kier alpha value is -0.840. The van der Waals surface area contributed by atoms with Crippen molar-refractivity contribution in [2.75, 3.05) is 0 Å². The molecular formula is C14H23Cl2N3O. The van der Waals surface area contributed by atoms with Gasteiger partial charge in [0.15, 0.2) is 0 Å². The molecule has 1 heterocycles. The number of nitrogens with zero attached hydrogens (tertiary/aromatic N) is 1. The van der Waals surface area contributed by atoms with Crippen LogP contribution in [0.4, 0.5) is 0 Å². The van der Waals surface area contributed by atoms with Gasteiger partial charge in [0.2, 0.25) is 5.91 Å². The number of aromatic nitrogens is 1. The minimum atomic E-state index is 0. The molecule has 3 N–H and O–H groups in total. The van der Waals surface area contributed by atoms with Crippen molar-refractivity contribution in [3.63, 3.8) is 0 Å². The zero-order valence-corrected chi connectivity index (χ0v) is 13.3. The predicted molar refractivity (Wildman–Crippen MR) is 85.3 cm³/mol. The van der Waals surface area contributed by atoms with Gasteiger partial charge in [0, 0.05) is 18.7 Å². The van der Waals surface area contributed by atoms with Crippen LogP contribution in [-0.4, -0.2) is 16.9 Å². The molecule has 0 unspecified atom stereocenters. The van der Waals surface area contributed by atoms with Crippen LogP contribution in [0.15, 0.2) is 18.3 Å². The Kier molecular flexibility index (Phi) is 8.78. The molecule has 0 aromatic carbocycles. The molecule has 114 valence electrons. The first-order chi connectivity index (χ1) is 8.66. The second-order valence-electron chi connectivity index (χ2n) is 5.10. The Morgan fingerprint density at radius 3 is 2.80 bits per heavy atom. The normalized spacial score (nSPS) is 20.7. The molecule has 6 heteroatoms. The number of pyridine rings is 1. The molecule has 0 aliphatic heterocycles. The standard InChI is InChI=1S/C14H21N3O.2ClH/c1-10-4-3-7-16-13(10)9-17-14(18)8-11-5-2-6-12(11)15;;/h3-4,7,11-12H,2,5-6,8-9,15H2,1H3,(H,17,18);2*1H/t11-,12+;;/m0../s1. The largest absolute Gasteiger partial charge is 0.350 e. The van der Waals surface area contributed by atoms with Crippen LogP contribution in [0.25, 0.3) is 0 Å². The van der Waals surface area contributed by atoms with Gasteiger partial charge < -0.3 is 11.1 Å². The van der Waals surface area contributed by atoms with Gasteiger partial charge in [0.1, 0.15) is 0 Å². The summed E-state index contributed by atoms with van der Waals surface area (Å²) in [5.74, 6) is 0.442. The number of nitrogens with two attached hydrogens (primary N) is 1. The maximum absolute atomic E-state index is 11.8. The summed E-state index contributed by atoms with van der Waals surface area (Å²) in [5.41, 5.74) is 8.01. The third-order valence-electron chi connectivity index (χ3n) is 3.74. The quantitative estimate of drug-likeness (QED) is 0.895. The van der Waals surface area contributed by atoms with Gasteiger partial charge in [0.25, 0.3) is 0 Å². The second-order valence-corrected chi connectivity index (χ2v) is 5.10. The molecule has 0 bridgehead atoms. The van der Waals surface area contributed by atoms with Crippen molar-refractivity contribution in [2.45, 2.75) is 45.2 Å². The lowest BCUT2D eigenvalue weighted by molar-refractivity contribution is -0.122. The lowest BCUT2D eigenvalue weighted by atomic mass is 10.00. The van der Waals surface area contributed by atoms with Crippen molar-refractivity contribution in [3.05, 3.63) is 29.6 Å². The van der Waals surface area contributed by atoms with Crippen LogP contribution in [0.3, 0.4) is 0 Å². The fraction of sp³-hybridized carbons (Fsp3) is 0.571. The topological polar surface area (TPSA) is 68.0 Å². The van der Waals surface area contributed by atoms with Crippen LogP contribution in [0.5, 0.6) is 0 Å². The van der Waals surface area contributed by atoms with Gasteiger partial charge >= 0.3 is 0 Å². The summed E-state index contributed by atoms with van der Waals surface area (Å²) in [4.78, 5) is 16.1. The number of halogens is 2. The summed E-state index contributed by atoms with van der Waals surface area (Å²) in [6.45, 7) is 2.51. The Labute approximate surface area is 132 Å². The van der Waals surface area contributed by atoms with E-state index in [-0.39, 0.29) is 36.8 Å². The van der Waals surface area contributed by atoms with Crippen molar-refractivity contribution >= 4 is 30.7 Å². The lowest BCUT2D eigenvalue weighted by Gasteiger charge is -2.14. The number of hydrogen-bond acceptors (Lipinski definition) is 3. The number of rotatable bonds is 4. The van der Waals surface area contributed by atoms with Crippen molar-refractivity contribution in [1.82, 2.24) is 10.3 Å². The SMILES string of the molecule is Cc1cccnc1CNC(=O)C[C@@H]1CCC[C@H]1N.Cl.Cl. The number of nitrogens with one attached hydrogen (secondary N) is 1. The first kappa shape index (κ1) is 19.2. The highest BCUT2D eigenvalue weighted by atomic mass is 35.5. The molecule has 0 spiro atoms. The number of aryl methyl sites for hydroxylation is 1. The van der Waals surface area contributed by atoms with Crippen LogP contribution in [0.1, 0.15) is 36.9 Å². The zero-order chi connectivity index (χ0) is 13.0. The molecule has 4 nitrogen and oxygen atoms in total. The number of carbonyl (C=O) groups excluding carboxylic acids is 1. The maximum Gasteiger partial charge on any atom is 0.220 e. The van der Waals surface area contributed by atoms with Gasteiger partial charge in [-0.2, -0.15) is 0 Å². The average Bonchev–Trinajstić information content (AvgIpc) is 2.74. The van der Waals surface area contributed by atoms with E-state index in [1.54, 1.807) is 6.20 Å². The highest BCUT2D eigenvalue weighted by Crippen LogP contribution is 2.26. The lowest BCUT2D eigenvalue weighted by Crippen LogP contribution is -2.31. The molecule has 1 fully saturated rings. The summed E-state index contributed by atoms with van der Waals surface area (Å²) in [6.07, 6.45) is 5.58. The zero-order valence-electron chi connectivity index (χ0n) is 11.7.